The molecule has 1 aromatic carbocycles. The normalized spacial score (nSPS) is 11.8. The predicted molar refractivity (Wildman–Crippen MR) is 77.9 cm³/mol. The zero-order chi connectivity index (χ0) is 15.1. The van der Waals surface area contributed by atoms with E-state index in [4.69, 9.17) is 10.7 Å². The van der Waals surface area contributed by atoms with Crippen LogP contribution in [0.25, 0.3) is 0 Å². The van der Waals surface area contributed by atoms with Gasteiger partial charge in [0, 0.05) is 15.2 Å². The van der Waals surface area contributed by atoms with Crippen molar-refractivity contribution < 1.29 is 12.8 Å². The lowest BCUT2D eigenvalue weighted by atomic mass is 10.2. The van der Waals surface area contributed by atoms with E-state index in [1.165, 1.54) is 16.8 Å². The molecule has 0 radical (unpaired) electrons. The van der Waals surface area contributed by atoms with E-state index in [2.05, 4.69) is 21.0 Å². The van der Waals surface area contributed by atoms with Gasteiger partial charge in [0.2, 0.25) is 0 Å². The SMILES string of the molecule is Cc1nn(Cc2cc(F)cc(Br)c2)c(C)c1S(=O)(=O)Cl. The van der Waals surface area contributed by atoms with Gasteiger partial charge in [0.05, 0.1) is 17.9 Å². The largest absolute Gasteiger partial charge is 0.264 e. The molecule has 8 heteroatoms. The molecule has 0 aliphatic carbocycles. The average Bonchev–Trinajstić information content (AvgIpc) is 2.51. The van der Waals surface area contributed by atoms with Crippen LogP contribution < -0.4 is 0 Å². The first-order chi connectivity index (χ1) is 9.18. The Balaban J connectivity index is 2.45. The number of benzene rings is 1. The Kier molecular flexibility index (Phi) is 4.22. The van der Waals surface area contributed by atoms with Gasteiger partial charge in [0.25, 0.3) is 9.05 Å². The highest BCUT2D eigenvalue weighted by atomic mass is 79.9. The predicted octanol–water partition coefficient (Wildman–Crippen LogP) is 3.38. The zero-order valence-corrected chi connectivity index (χ0v) is 13.9. The molecule has 0 saturated heterocycles. The molecule has 20 heavy (non-hydrogen) atoms. The van der Waals surface area contributed by atoms with Gasteiger partial charge in [-0.25, -0.2) is 12.8 Å². The summed E-state index contributed by atoms with van der Waals surface area (Å²) in [6.07, 6.45) is 0. The van der Waals surface area contributed by atoms with E-state index < -0.39 is 9.05 Å². The Morgan fingerprint density at radius 2 is 2.00 bits per heavy atom. The fourth-order valence-electron chi connectivity index (χ4n) is 2.06. The Bertz CT molecular complexity index is 754. The van der Waals surface area contributed by atoms with Crippen LogP contribution in [0.2, 0.25) is 0 Å². The lowest BCUT2D eigenvalue weighted by Crippen LogP contribution is -2.05. The standard InChI is InChI=1S/C12H11BrClFN2O2S/c1-7-12(20(14,18)19)8(2)17(16-7)6-9-3-10(13)5-11(15)4-9/h3-5H,6H2,1-2H3. The molecule has 0 saturated carbocycles. The molecule has 2 aromatic rings. The summed E-state index contributed by atoms with van der Waals surface area (Å²) >= 11 is 3.21. The van der Waals surface area contributed by atoms with Crippen molar-refractivity contribution in [2.45, 2.75) is 25.3 Å². The van der Waals surface area contributed by atoms with Crippen molar-refractivity contribution in [3.05, 3.63) is 45.4 Å². The van der Waals surface area contributed by atoms with Crippen LogP contribution in [0.1, 0.15) is 17.0 Å². The van der Waals surface area contributed by atoms with E-state index in [0.717, 1.165) is 0 Å². The summed E-state index contributed by atoms with van der Waals surface area (Å²) in [5.74, 6) is -0.374. The summed E-state index contributed by atoms with van der Waals surface area (Å²) in [7, 11) is 1.54. The maximum absolute atomic E-state index is 13.3. The summed E-state index contributed by atoms with van der Waals surface area (Å²) in [5, 5.41) is 4.15. The molecule has 2 rings (SSSR count). The molecule has 0 spiro atoms. The van der Waals surface area contributed by atoms with E-state index >= 15 is 0 Å². The number of halogens is 3. The Labute approximate surface area is 129 Å². The summed E-state index contributed by atoms with van der Waals surface area (Å²) < 4.78 is 38.4. The minimum Gasteiger partial charge on any atom is -0.264 e. The summed E-state index contributed by atoms with van der Waals surface area (Å²) in [6.45, 7) is 3.44. The second-order valence-corrected chi connectivity index (χ2v) is 7.79. The van der Waals surface area contributed by atoms with Crippen LogP contribution in [0.4, 0.5) is 4.39 Å². The van der Waals surface area contributed by atoms with Gasteiger partial charge in [-0.3, -0.25) is 4.68 Å². The van der Waals surface area contributed by atoms with Crippen LogP contribution in [0, 0.1) is 19.7 Å². The molecule has 0 amide bonds. The lowest BCUT2D eigenvalue weighted by Gasteiger charge is -2.06. The molecular formula is C12H11BrClFN2O2S. The Morgan fingerprint density at radius 1 is 1.35 bits per heavy atom. The number of aromatic nitrogens is 2. The van der Waals surface area contributed by atoms with E-state index in [1.54, 1.807) is 19.9 Å². The van der Waals surface area contributed by atoms with Gasteiger partial charge in [-0.2, -0.15) is 5.10 Å². The smallest absolute Gasteiger partial charge is 0.264 e. The summed E-state index contributed by atoms with van der Waals surface area (Å²) in [4.78, 5) is 0.00892. The second kappa shape index (κ2) is 5.46. The van der Waals surface area contributed by atoms with Crippen molar-refractivity contribution in [3.63, 3.8) is 0 Å². The molecule has 0 bridgehead atoms. The molecule has 0 fully saturated rings. The van der Waals surface area contributed by atoms with Crippen molar-refractivity contribution >= 4 is 35.7 Å². The van der Waals surface area contributed by atoms with Crippen LogP contribution in [-0.2, 0) is 15.6 Å². The number of hydrogen-bond acceptors (Lipinski definition) is 3. The van der Waals surface area contributed by atoms with Crippen molar-refractivity contribution in [2.24, 2.45) is 0 Å². The van der Waals surface area contributed by atoms with Gasteiger partial charge in [0.1, 0.15) is 10.7 Å². The molecular weight excluding hydrogens is 371 g/mol. The average molecular weight is 382 g/mol. The molecule has 1 heterocycles. The minimum atomic E-state index is -3.85. The molecule has 0 aliphatic rings. The Hall–Kier alpha value is -0.920. The third-order valence-corrected chi connectivity index (χ3v) is 4.81. The van der Waals surface area contributed by atoms with Crippen LogP contribution >= 0.6 is 26.6 Å². The van der Waals surface area contributed by atoms with Gasteiger partial charge in [-0.05, 0) is 37.6 Å². The zero-order valence-electron chi connectivity index (χ0n) is 10.7. The molecule has 108 valence electrons. The number of aryl methyl sites for hydroxylation is 1. The second-order valence-electron chi connectivity index (χ2n) is 4.37. The maximum Gasteiger partial charge on any atom is 0.264 e. The minimum absolute atomic E-state index is 0.00892. The van der Waals surface area contributed by atoms with Gasteiger partial charge >= 0.3 is 0 Å². The van der Waals surface area contributed by atoms with Gasteiger partial charge < -0.3 is 0 Å². The van der Waals surface area contributed by atoms with Crippen LogP contribution in [0.3, 0.4) is 0 Å². The van der Waals surface area contributed by atoms with Crippen LogP contribution in [-0.4, -0.2) is 18.2 Å². The quantitative estimate of drug-likeness (QED) is 0.766. The molecule has 0 aliphatic heterocycles. The van der Waals surface area contributed by atoms with Crippen molar-refractivity contribution in [1.29, 1.82) is 0 Å². The van der Waals surface area contributed by atoms with E-state index in [0.29, 0.717) is 21.4 Å². The van der Waals surface area contributed by atoms with Crippen LogP contribution in [0.15, 0.2) is 27.6 Å². The third-order valence-electron chi connectivity index (χ3n) is 2.81. The van der Waals surface area contributed by atoms with E-state index in [1.807, 2.05) is 0 Å². The highest BCUT2D eigenvalue weighted by Crippen LogP contribution is 2.24. The first-order valence-electron chi connectivity index (χ1n) is 5.62. The van der Waals surface area contributed by atoms with E-state index in [-0.39, 0.29) is 17.3 Å². The topological polar surface area (TPSA) is 52.0 Å². The van der Waals surface area contributed by atoms with Crippen molar-refractivity contribution in [1.82, 2.24) is 9.78 Å². The molecule has 1 aromatic heterocycles. The summed E-state index contributed by atoms with van der Waals surface area (Å²) in [5.41, 5.74) is 1.42. The molecule has 0 unspecified atom stereocenters. The van der Waals surface area contributed by atoms with Crippen molar-refractivity contribution in [2.75, 3.05) is 0 Å². The van der Waals surface area contributed by atoms with Crippen molar-refractivity contribution in [3.8, 4) is 0 Å². The first kappa shape index (κ1) is 15.5. The number of hydrogen-bond donors (Lipinski definition) is 0. The van der Waals surface area contributed by atoms with Gasteiger partial charge in [0.15, 0.2) is 0 Å². The molecule has 4 nitrogen and oxygen atoms in total. The summed E-state index contributed by atoms with van der Waals surface area (Å²) in [6, 6.07) is 4.46. The van der Waals surface area contributed by atoms with Gasteiger partial charge in [-0.1, -0.05) is 15.9 Å². The highest BCUT2D eigenvalue weighted by molar-refractivity contribution is 9.10. The highest BCUT2D eigenvalue weighted by Gasteiger charge is 2.22. The number of nitrogens with zero attached hydrogens (tertiary/aromatic N) is 2. The monoisotopic (exact) mass is 380 g/mol. The fourth-order valence-corrected chi connectivity index (χ4v) is 4.10. The maximum atomic E-state index is 13.3. The molecule has 0 N–H and O–H groups in total. The fraction of sp³-hybridized carbons (Fsp3) is 0.250. The van der Waals surface area contributed by atoms with Crippen LogP contribution in [0.5, 0.6) is 0 Å². The number of rotatable bonds is 3. The van der Waals surface area contributed by atoms with Gasteiger partial charge in [-0.15, -0.1) is 0 Å². The lowest BCUT2D eigenvalue weighted by molar-refractivity contribution is 0.605. The van der Waals surface area contributed by atoms with E-state index in [9.17, 15) is 12.8 Å². The molecule has 0 atom stereocenters. The third kappa shape index (κ3) is 3.21. The first-order valence-corrected chi connectivity index (χ1v) is 8.72. The Morgan fingerprint density at radius 3 is 2.50 bits per heavy atom.